The predicted octanol–water partition coefficient (Wildman–Crippen LogP) is 9.75. The Kier molecular flexibility index (Phi) is 4.98. The molecule has 36 heavy (non-hydrogen) atoms. The molecule has 0 radical (unpaired) electrons. The molecule has 0 aliphatic heterocycles. The third-order valence-corrected chi connectivity index (χ3v) is 9.27. The second-order valence-electron chi connectivity index (χ2n) is 9.24. The number of aryl methyl sites for hydroxylation is 2. The molecular weight excluding hydrogens is 477 g/mol. The Labute approximate surface area is 217 Å². The molecule has 0 saturated carbocycles. The van der Waals surface area contributed by atoms with Crippen LogP contribution >= 0.6 is 22.7 Å². The van der Waals surface area contributed by atoms with Crippen molar-refractivity contribution >= 4 is 63.5 Å². The van der Waals surface area contributed by atoms with E-state index in [1.54, 1.807) is 0 Å². The molecule has 0 aliphatic carbocycles. The van der Waals surface area contributed by atoms with Crippen molar-refractivity contribution in [2.24, 2.45) is 0 Å². The summed E-state index contributed by atoms with van der Waals surface area (Å²) in [7, 11) is 0. The van der Waals surface area contributed by atoms with Crippen LogP contribution in [0.5, 0.6) is 0 Å². The number of hydrogen-bond donors (Lipinski definition) is 0. The minimum Gasteiger partial charge on any atom is -0.308 e. The Hall–Kier alpha value is -3.86. The maximum atomic E-state index is 2.41. The minimum atomic E-state index is 1.19. The summed E-state index contributed by atoms with van der Waals surface area (Å²) in [6.07, 6.45) is 0. The van der Waals surface area contributed by atoms with Gasteiger partial charge in [-0.15, -0.1) is 22.7 Å². The van der Waals surface area contributed by atoms with Crippen LogP contribution in [0.2, 0.25) is 0 Å². The largest absolute Gasteiger partial charge is 0.308 e. The summed E-state index contributed by atoms with van der Waals surface area (Å²) < 4.78 is 10.0. The zero-order valence-corrected chi connectivity index (χ0v) is 21.7. The fourth-order valence-electron chi connectivity index (χ4n) is 4.97. The van der Waals surface area contributed by atoms with Crippen molar-refractivity contribution in [3.05, 3.63) is 120 Å². The van der Waals surface area contributed by atoms with E-state index in [1.165, 1.54) is 63.4 Å². The molecule has 0 N–H and O–H groups in total. The lowest BCUT2D eigenvalue weighted by Crippen LogP contribution is -2.02. The molecule has 0 saturated heterocycles. The van der Waals surface area contributed by atoms with Gasteiger partial charge in [0.05, 0.1) is 40.9 Å². The molecule has 0 amide bonds. The summed E-state index contributed by atoms with van der Waals surface area (Å²) in [6, 6.07) is 39.8. The van der Waals surface area contributed by atoms with Crippen LogP contribution in [0.15, 0.2) is 109 Å². The summed E-state index contributed by atoms with van der Waals surface area (Å²) in [4.78, 5) is 0. The van der Waals surface area contributed by atoms with Gasteiger partial charge in [0, 0.05) is 11.4 Å². The molecule has 174 valence electrons. The summed E-state index contributed by atoms with van der Waals surface area (Å²) in [5.74, 6) is 0. The molecule has 4 heteroatoms. The number of nitrogens with zero attached hydrogens (tertiary/aromatic N) is 2. The third kappa shape index (κ3) is 3.37. The quantitative estimate of drug-likeness (QED) is 0.165. The van der Waals surface area contributed by atoms with E-state index in [-0.39, 0.29) is 0 Å². The normalized spacial score (nSPS) is 11.6. The highest BCUT2D eigenvalue weighted by molar-refractivity contribution is 7.32. The molecular formula is C32H24N2S2. The van der Waals surface area contributed by atoms with E-state index >= 15 is 0 Å². The van der Waals surface area contributed by atoms with Gasteiger partial charge in [0.1, 0.15) is 0 Å². The Morgan fingerprint density at radius 3 is 1.22 bits per heavy atom. The van der Waals surface area contributed by atoms with E-state index in [4.69, 9.17) is 0 Å². The van der Waals surface area contributed by atoms with Crippen LogP contribution in [0.4, 0.5) is 0 Å². The smallest absolute Gasteiger partial charge is 0.0711 e. The molecule has 2 nitrogen and oxygen atoms in total. The van der Waals surface area contributed by atoms with Gasteiger partial charge in [0.15, 0.2) is 0 Å². The van der Waals surface area contributed by atoms with E-state index in [0.717, 1.165) is 0 Å². The molecule has 0 fully saturated rings. The lowest BCUT2D eigenvalue weighted by molar-refractivity contribution is 1.16. The van der Waals surface area contributed by atoms with Crippen LogP contribution < -0.4 is 0 Å². The first-order valence-electron chi connectivity index (χ1n) is 12.1. The minimum absolute atomic E-state index is 1.19. The standard InChI is InChI=1S/C32H24N2S2/c1-21-11-15-23(16-12-21)33-25-7-3-5-9-29(25)35-31-27(33)19-20-28-32(31)36-30-10-6-4-8-26(30)34(28)24-17-13-22(2)14-18-24/h3-20H,1-2H3. The van der Waals surface area contributed by atoms with E-state index in [9.17, 15) is 0 Å². The van der Waals surface area contributed by atoms with Crippen molar-refractivity contribution < 1.29 is 0 Å². The van der Waals surface area contributed by atoms with Crippen LogP contribution in [0.25, 0.3) is 52.2 Å². The van der Waals surface area contributed by atoms with E-state index in [0.29, 0.717) is 0 Å². The summed E-state index contributed by atoms with van der Waals surface area (Å²) in [5.41, 5.74) is 9.84. The van der Waals surface area contributed by atoms with Crippen molar-refractivity contribution in [3.63, 3.8) is 0 Å². The monoisotopic (exact) mass is 500 g/mol. The zero-order chi connectivity index (χ0) is 24.2. The average molecular weight is 501 g/mol. The fourth-order valence-corrected chi connectivity index (χ4v) is 7.40. The lowest BCUT2D eigenvalue weighted by Gasteiger charge is -2.19. The van der Waals surface area contributed by atoms with E-state index in [1.807, 2.05) is 22.7 Å². The predicted molar refractivity (Wildman–Crippen MR) is 158 cm³/mol. The highest BCUT2D eigenvalue weighted by atomic mass is 32.1. The molecule has 0 spiro atoms. The lowest BCUT2D eigenvalue weighted by atomic mass is 10.2. The first-order valence-corrected chi connectivity index (χ1v) is 13.7. The summed E-state index contributed by atoms with van der Waals surface area (Å²) in [6.45, 7) is 4.28. The molecule has 5 aromatic carbocycles. The zero-order valence-electron chi connectivity index (χ0n) is 20.1. The second kappa shape index (κ2) is 8.37. The molecule has 0 unspecified atom stereocenters. The van der Waals surface area contributed by atoms with Gasteiger partial charge in [0.25, 0.3) is 0 Å². The summed E-state index contributed by atoms with van der Waals surface area (Å²) >= 11 is 3.77. The number of para-hydroxylation sites is 2. The average Bonchev–Trinajstić information content (AvgIpc) is 2.92. The van der Waals surface area contributed by atoms with Crippen LogP contribution in [0.1, 0.15) is 11.1 Å². The van der Waals surface area contributed by atoms with Gasteiger partial charge in [0.2, 0.25) is 0 Å². The Morgan fingerprint density at radius 1 is 0.417 bits per heavy atom. The number of hydrogen-bond acceptors (Lipinski definition) is 2. The molecule has 2 aromatic heterocycles. The van der Waals surface area contributed by atoms with Gasteiger partial charge in [-0.1, -0.05) is 59.7 Å². The Balaban J connectivity index is 1.67. The van der Waals surface area contributed by atoms with Crippen LogP contribution in [-0.2, 0) is 0 Å². The SMILES string of the molecule is Cc1ccc(-n2c3ccccc3sc3c4sc5ccccc5n(-c5ccc(C)cc5)c4ccc32)cc1. The molecule has 0 bridgehead atoms. The molecule has 2 heterocycles. The number of rotatable bonds is 2. The maximum Gasteiger partial charge on any atom is 0.0711 e. The number of benzene rings is 5. The van der Waals surface area contributed by atoms with E-state index < -0.39 is 0 Å². The van der Waals surface area contributed by atoms with Crippen molar-refractivity contribution in [2.75, 3.05) is 0 Å². The van der Waals surface area contributed by atoms with E-state index in [2.05, 4.69) is 132 Å². The number of fused-ring (bicyclic) bond motifs is 5. The van der Waals surface area contributed by atoms with Gasteiger partial charge in [-0.2, -0.15) is 0 Å². The molecule has 0 atom stereocenters. The first-order chi connectivity index (χ1) is 17.7. The topological polar surface area (TPSA) is 9.86 Å². The fraction of sp³-hybridized carbons (Fsp3) is 0.0625. The highest BCUT2D eigenvalue weighted by Crippen LogP contribution is 2.40. The van der Waals surface area contributed by atoms with Gasteiger partial charge in [-0.3, -0.25) is 0 Å². The van der Waals surface area contributed by atoms with Crippen molar-refractivity contribution in [2.45, 2.75) is 13.8 Å². The molecule has 7 rings (SSSR count). The third-order valence-electron chi connectivity index (χ3n) is 6.77. The molecule has 7 aromatic rings. The number of aromatic nitrogens is 2. The summed E-state index contributed by atoms with van der Waals surface area (Å²) in [5, 5.41) is 0. The Bertz CT molecular complexity index is 1800. The van der Waals surface area contributed by atoms with Crippen LogP contribution in [-0.4, -0.2) is 9.13 Å². The van der Waals surface area contributed by atoms with Gasteiger partial charge >= 0.3 is 0 Å². The van der Waals surface area contributed by atoms with Crippen LogP contribution in [0.3, 0.4) is 0 Å². The Morgan fingerprint density at radius 2 is 0.806 bits per heavy atom. The first kappa shape index (κ1) is 21.4. The van der Waals surface area contributed by atoms with Crippen molar-refractivity contribution in [3.8, 4) is 11.4 Å². The molecule has 0 aliphatic rings. The van der Waals surface area contributed by atoms with Crippen molar-refractivity contribution in [1.82, 2.24) is 9.13 Å². The van der Waals surface area contributed by atoms with Crippen molar-refractivity contribution in [1.29, 1.82) is 0 Å². The van der Waals surface area contributed by atoms with Gasteiger partial charge < -0.3 is 9.13 Å². The second-order valence-corrected chi connectivity index (χ2v) is 11.3. The van der Waals surface area contributed by atoms with Gasteiger partial charge in [-0.25, -0.2) is 0 Å². The van der Waals surface area contributed by atoms with Gasteiger partial charge in [-0.05, 0) is 74.5 Å². The van der Waals surface area contributed by atoms with Crippen LogP contribution in [0, 0.1) is 13.8 Å². The highest BCUT2D eigenvalue weighted by Gasteiger charge is 2.15. The maximum absolute atomic E-state index is 2.41.